The molecule has 3 atom stereocenters. The predicted octanol–water partition coefficient (Wildman–Crippen LogP) is 4.98. The summed E-state index contributed by atoms with van der Waals surface area (Å²) in [5, 5.41) is 12.2. The van der Waals surface area contributed by atoms with Crippen LogP contribution in [0.5, 0.6) is 5.88 Å². The van der Waals surface area contributed by atoms with Crippen LogP contribution < -0.4 is 14.5 Å². The Labute approximate surface area is 298 Å². The van der Waals surface area contributed by atoms with E-state index in [1.165, 1.54) is 16.2 Å². The first-order chi connectivity index (χ1) is 24.6. The normalized spacial score (nSPS) is 24.5. The number of carbonyl (C=O) groups is 2. The highest BCUT2D eigenvalue weighted by molar-refractivity contribution is 7.13. The Morgan fingerprint density at radius 1 is 1.16 bits per heavy atom. The molecule has 4 fully saturated rings. The first-order valence-electron chi connectivity index (χ1n) is 17.4. The molecule has 1 amide bonds. The molecule has 270 valence electrons. The molecule has 3 aromatic rings. The Balaban J connectivity index is 1.09. The lowest BCUT2D eigenvalue weighted by atomic mass is 9.84. The summed E-state index contributed by atoms with van der Waals surface area (Å²) in [5.41, 5.74) is 3.45. The molecular formula is C36H40F2N6O6S. The number of ether oxygens (including phenoxy) is 3. The van der Waals surface area contributed by atoms with E-state index in [0.29, 0.717) is 55.9 Å². The summed E-state index contributed by atoms with van der Waals surface area (Å²) >= 11 is 1.37. The van der Waals surface area contributed by atoms with Crippen LogP contribution in [-0.4, -0.2) is 107 Å². The van der Waals surface area contributed by atoms with Gasteiger partial charge in [-0.2, -0.15) is 0 Å². The lowest BCUT2D eigenvalue weighted by molar-refractivity contribution is -0.228. The maximum atomic E-state index is 14.0. The van der Waals surface area contributed by atoms with E-state index < -0.39 is 36.0 Å². The zero-order valence-electron chi connectivity index (χ0n) is 28.5. The van der Waals surface area contributed by atoms with Crippen molar-refractivity contribution in [1.82, 2.24) is 19.9 Å². The fraction of sp³-hybridized carbons (Fsp3) is 0.528. The van der Waals surface area contributed by atoms with E-state index in [4.69, 9.17) is 19.2 Å². The summed E-state index contributed by atoms with van der Waals surface area (Å²) in [6, 6.07) is 4.31. The van der Waals surface area contributed by atoms with Crippen molar-refractivity contribution in [3.8, 4) is 16.5 Å². The van der Waals surface area contributed by atoms with Crippen LogP contribution in [0.4, 0.5) is 20.3 Å². The summed E-state index contributed by atoms with van der Waals surface area (Å²) in [7, 11) is 0. The topological polar surface area (TPSA) is 130 Å². The number of hydrogen-bond acceptors (Lipinski definition) is 11. The number of hydrogen-bond donors (Lipinski definition) is 1. The minimum Gasteiger partial charge on any atom is -0.480 e. The van der Waals surface area contributed by atoms with E-state index in [-0.39, 0.29) is 36.7 Å². The van der Waals surface area contributed by atoms with Crippen molar-refractivity contribution in [2.75, 3.05) is 55.8 Å². The number of aliphatic carboxylic acids is 1. The highest BCUT2D eigenvalue weighted by Gasteiger charge is 2.50. The van der Waals surface area contributed by atoms with Crippen LogP contribution in [0, 0.1) is 12.8 Å². The molecule has 0 radical (unpaired) electrons. The van der Waals surface area contributed by atoms with Crippen molar-refractivity contribution in [2.45, 2.75) is 69.7 Å². The molecular weight excluding hydrogens is 682 g/mol. The minimum absolute atomic E-state index is 0.0754. The summed E-state index contributed by atoms with van der Waals surface area (Å²) in [6.07, 6.45) is 3.32. The minimum atomic E-state index is -2.94. The van der Waals surface area contributed by atoms with Crippen molar-refractivity contribution < 1.29 is 37.7 Å². The lowest BCUT2D eigenvalue weighted by Gasteiger charge is -2.53. The van der Waals surface area contributed by atoms with Crippen LogP contribution in [-0.2, 0) is 19.1 Å². The molecule has 0 unspecified atom stereocenters. The molecule has 0 bridgehead atoms. The molecule has 1 saturated carbocycles. The largest absolute Gasteiger partial charge is 0.480 e. The molecule has 1 N–H and O–H groups in total. The van der Waals surface area contributed by atoms with Crippen molar-refractivity contribution in [3.63, 3.8) is 0 Å². The number of aryl methyl sites for hydroxylation is 1. The molecule has 12 nitrogen and oxygen atoms in total. The van der Waals surface area contributed by atoms with Crippen molar-refractivity contribution in [3.05, 3.63) is 52.8 Å². The molecule has 51 heavy (non-hydrogen) atoms. The van der Waals surface area contributed by atoms with Gasteiger partial charge in [-0.1, -0.05) is 12.5 Å². The third-order valence-corrected chi connectivity index (χ3v) is 11.9. The number of amides is 1. The van der Waals surface area contributed by atoms with Crippen molar-refractivity contribution >= 4 is 40.3 Å². The number of anilines is 2. The third-order valence-electron chi connectivity index (χ3n) is 10.9. The van der Waals surface area contributed by atoms with Gasteiger partial charge in [0.05, 0.1) is 43.0 Å². The van der Waals surface area contributed by atoms with Crippen LogP contribution in [0.2, 0.25) is 0 Å². The Hall–Kier alpha value is -4.21. The molecule has 0 aromatic carbocycles. The number of carboxylic acid groups (broad SMARTS) is 1. The fourth-order valence-electron chi connectivity index (χ4n) is 7.58. The number of alkyl halides is 2. The maximum absolute atomic E-state index is 14.0. The average molecular weight is 723 g/mol. The standard InChI is InChI=1S/C36H40F2N6O6S/c1-20-10-29(51-17-20)26-13-30(41-32(40-26)31(37)38)44-16-25(12-28(44)35(46)47)50-33-27(43-8-9-49-36(21(43)2)18-48-19-36)11-24(14-39-33)23-6-7-42(15-23)34(45)22-4-3-5-22/h6,10-11,13-14,17,21-22,25,28,31H,3-5,7-9,12,15-16,18-19H2,1-2H3,(H,46,47)/t21-,25-,28-/m0/s1. The second kappa shape index (κ2) is 13.4. The quantitative estimate of drug-likeness (QED) is 0.321. The number of halogens is 2. The van der Waals surface area contributed by atoms with E-state index in [0.717, 1.165) is 41.6 Å². The molecule has 7 heterocycles. The SMILES string of the molecule is Cc1csc(-c2cc(N3C[C@@H](Oc4ncc(C5=CCN(C(=O)C6CCC6)C5)cc4N4CCOC5(COC5)[C@@H]4C)C[C@H]3C(=O)O)nc(C(F)F)n2)c1. The third kappa shape index (κ3) is 6.33. The molecule has 1 aliphatic carbocycles. The van der Waals surface area contributed by atoms with Gasteiger partial charge < -0.3 is 34.0 Å². The second-order valence-electron chi connectivity index (χ2n) is 14.1. The smallest absolute Gasteiger partial charge is 0.326 e. The van der Waals surface area contributed by atoms with Gasteiger partial charge in [0, 0.05) is 44.2 Å². The highest BCUT2D eigenvalue weighted by atomic mass is 32.1. The Bertz CT molecular complexity index is 1860. The Kier molecular flexibility index (Phi) is 8.91. The summed E-state index contributed by atoms with van der Waals surface area (Å²) in [4.78, 5) is 44.9. The molecule has 4 aliphatic heterocycles. The van der Waals surface area contributed by atoms with Gasteiger partial charge in [-0.3, -0.25) is 4.79 Å². The number of carboxylic acids is 1. The number of rotatable bonds is 9. The van der Waals surface area contributed by atoms with Gasteiger partial charge in [0.15, 0.2) is 5.82 Å². The average Bonchev–Trinajstić information content (AvgIpc) is 3.84. The van der Waals surface area contributed by atoms with Crippen LogP contribution in [0.1, 0.15) is 56.0 Å². The maximum Gasteiger partial charge on any atom is 0.326 e. The van der Waals surface area contributed by atoms with E-state index in [1.54, 1.807) is 12.3 Å². The molecule has 8 rings (SSSR count). The van der Waals surface area contributed by atoms with Crippen molar-refractivity contribution in [1.29, 1.82) is 0 Å². The van der Waals surface area contributed by atoms with E-state index in [9.17, 15) is 23.5 Å². The van der Waals surface area contributed by atoms with E-state index in [2.05, 4.69) is 27.9 Å². The summed E-state index contributed by atoms with van der Waals surface area (Å²) in [5.74, 6) is -1.01. The zero-order valence-corrected chi connectivity index (χ0v) is 29.3. The highest BCUT2D eigenvalue weighted by Crippen LogP contribution is 2.41. The number of aromatic nitrogens is 3. The van der Waals surface area contributed by atoms with Crippen molar-refractivity contribution in [2.24, 2.45) is 5.92 Å². The first kappa shape index (κ1) is 33.9. The van der Waals surface area contributed by atoms with Crippen LogP contribution >= 0.6 is 11.3 Å². The predicted molar refractivity (Wildman–Crippen MR) is 185 cm³/mol. The van der Waals surface area contributed by atoms with Gasteiger partial charge in [0.2, 0.25) is 11.8 Å². The van der Waals surface area contributed by atoms with Crippen LogP contribution in [0.25, 0.3) is 16.1 Å². The number of pyridine rings is 1. The Morgan fingerprint density at radius 2 is 1.98 bits per heavy atom. The second-order valence-corrected chi connectivity index (χ2v) is 15.1. The number of morpholine rings is 1. The summed E-state index contributed by atoms with van der Waals surface area (Å²) in [6.45, 7) is 7.16. The monoisotopic (exact) mass is 722 g/mol. The molecule has 1 spiro atoms. The van der Waals surface area contributed by atoms with Crippen LogP contribution in [0.3, 0.4) is 0 Å². The van der Waals surface area contributed by atoms with E-state index >= 15 is 0 Å². The zero-order chi connectivity index (χ0) is 35.4. The fourth-order valence-corrected chi connectivity index (χ4v) is 8.44. The van der Waals surface area contributed by atoms with Gasteiger partial charge in [-0.25, -0.2) is 28.5 Å². The lowest BCUT2D eigenvalue weighted by Crippen LogP contribution is -2.68. The van der Waals surface area contributed by atoms with Gasteiger partial charge in [-0.05, 0) is 60.9 Å². The number of carbonyl (C=O) groups excluding carboxylic acids is 1. The molecule has 15 heteroatoms. The van der Waals surface area contributed by atoms with Crippen LogP contribution in [0.15, 0.2) is 35.9 Å². The number of thiophene rings is 1. The first-order valence-corrected chi connectivity index (χ1v) is 18.3. The molecule has 3 aromatic heterocycles. The summed E-state index contributed by atoms with van der Waals surface area (Å²) < 4.78 is 46.4. The van der Waals surface area contributed by atoms with Gasteiger partial charge in [-0.15, -0.1) is 11.3 Å². The van der Waals surface area contributed by atoms with Gasteiger partial charge in [0.25, 0.3) is 6.43 Å². The van der Waals surface area contributed by atoms with Gasteiger partial charge in [0.1, 0.15) is 29.3 Å². The molecule has 3 saturated heterocycles. The number of nitrogens with zero attached hydrogens (tertiary/aromatic N) is 6. The van der Waals surface area contributed by atoms with Gasteiger partial charge >= 0.3 is 5.97 Å². The Morgan fingerprint density at radius 3 is 2.65 bits per heavy atom. The molecule has 5 aliphatic rings. The van der Waals surface area contributed by atoms with E-state index in [1.807, 2.05) is 29.3 Å².